The highest BCUT2D eigenvalue weighted by atomic mass is 16.6. The molecule has 0 bridgehead atoms. The molecule has 8 heteroatoms. The summed E-state index contributed by atoms with van der Waals surface area (Å²) in [6.07, 6.45) is 3.24. The monoisotopic (exact) mass is 555 g/mol. The highest BCUT2D eigenvalue weighted by Crippen LogP contribution is 2.47. The smallest absolute Gasteiger partial charge is 0.330 e. The van der Waals surface area contributed by atoms with Gasteiger partial charge in [-0.25, -0.2) is 4.79 Å². The molecule has 0 saturated carbocycles. The molecule has 8 nitrogen and oxygen atoms in total. The Hall–Kier alpha value is -4.59. The van der Waals surface area contributed by atoms with Crippen LogP contribution in [0.3, 0.4) is 0 Å². The van der Waals surface area contributed by atoms with E-state index in [0.29, 0.717) is 42.3 Å². The van der Waals surface area contributed by atoms with Gasteiger partial charge in [0.25, 0.3) is 5.91 Å². The number of carbonyl (C=O) groups excluding carboxylic acids is 3. The minimum Gasteiger partial charge on any atom is -0.489 e. The quantitative estimate of drug-likeness (QED) is 0.264. The van der Waals surface area contributed by atoms with Gasteiger partial charge in [0.2, 0.25) is 0 Å². The zero-order valence-corrected chi connectivity index (χ0v) is 23.2. The van der Waals surface area contributed by atoms with E-state index in [2.05, 4.69) is 4.74 Å². The number of benzene rings is 3. The number of fused-ring (bicyclic) bond motifs is 1. The van der Waals surface area contributed by atoms with Gasteiger partial charge in [0, 0.05) is 24.7 Å². The van der Waals surface area contributed by atoms with E-state index in [-0.39, 0.29) is 5.91 Å². The number of likely N-dealkylation sites (tertiary alicyclic amines) is 1. The summed E-state index contributed by atoms with van der Waals surface area (Å²) in [7, 11) is 1.31. The van der Waals surface area contributed by atoms with Gasteiger partial charge in [-0.1, -0.05) is 48.5 Å². The fraction of sp³-hybridized carbons (Fsp3) is 0.303. The Morgan fingerprint density at radius 1 is 1.00 bits per heavy atom. The first kappa shape index (κ1) is 28.0. The van der Waals surface area contributed by atoms with Crippen molar-refractivity contribution in [1.29, 1.82) is 0 Å². The number of nitrogens with zero attached hydrogens (tertiary/aromatic N) is 1. The number of amides is 1. The van der Waals surface area contributed by atoms with Crippen LogP contribution in [0, 0.1) is 0 Å². The number of hydrogen-bond donors (Lipinski definition) is 0. The molecular weight excluding hydrogens is 522 g/mol. The Kier molecular flexibility index (Phi) is 8.67. The molecule has 3 aromatic rings. The average Bonchev–Trinajstić information content (AvgIpc) is 3.67. The van der Waals surface area contributed by atoms with E-state index < -0.39 is 30.1 Å². The molecule has 3 atom stereocenters. The van der Waals surface area contributed by atoms with Crippen LogP contribution in [0.1, 0.15) is 54.0 Å². The van der Waals surface area contributed by atoms with Crippen molar-refractivity contribution in [2.45, 2.75) is 44.5 Å². The van der Waals surface area contributed by atoms with Gasteiger partial charge in [0.15, 0.2) is 6.10 Å². The first-order valence-electron chi connectivity index (χ1n) is 13.8. The lowest BCUT2D eigenvalue weighted by Crippen LogP contribution is -2.39. The van der Waals surface area contributed by atoms with E-state index in [4.69, 9.17) is 14.2 Å². The highest BCUT2D eigenvalue weighted by molar-refractivity contribution is 5.88. The van der Waals surface area contributed by atoms with E-state index in [1.807, 2.05) is 54.6 Å². The molecule has 0 unspecified atom stereocenters. The Bertz CT molecular complexity index is 1410. The molecule has 0 spiro atoms. The van der Waals surface area contributed by atoms with E-state index in [1.165, 1.54) is 13.2 Å². The van der Waals surface area contributed by atoms with Crippen LogP contribution in [0.4, 0.5) is 0 Å². The van der Waals surface area contributed by atoms with E-state index in [9.17, 15) is 14.4 Å². The second-order valence-corrected chi connectivity index (χ2v) is 10.1. The summed E-state index contributed by atoms with van der Waals surface area (Å²) < 4.78 is 22.7. The van der Waals surface area contributed by atoms with Crippen LogP contribution < -0.4 is 9.47 Å². The summed E-state index contributed by atoms with van der Waals surface area (Å²) in [5, 5.41) is 0. The molecule has 0 aliphatic carbocycles. The molecule has 2 aliphatic heterocycles. The molecule has 1 fully saturated rings. The van der Waals surface area contributed by atoms with Crippen LogP contribution in [-0.2, 0) is 30.5 Å². The fourth-order valence-electron chi connectivity index (χ4n) is 5.12. The lowest BCUT2D eigenvalue weighted by Gasteiger charge is -2.23. The Labute approximate surface area is 239 Å². The third kappa shape index (κ3) is 6.60. The molecule has 0 aromatic heterocycles. The van der Waals surface area contributed by atoms with Crippen molar-refractivity contribution in [2.24, 2.45) is 0 Å². The molecule has 212 valence electrons. The van der Waals surface area contributed by atoms with Crippen molar-refractivity contribution in [3.05, 3.63) is 101 Å². The third-order valence-electron chi connectivity index (χ3n) is 7.31. The lowest BCUT2D eigenvalue weighted by molar-refractivity contribution is -0.161. The molecular formula is C33H33NO7. The fourth-order valence-corrected chi connectivity index (χ4v) is 5.12. The van der Waals surface area contributed by atoms with Gasteiger partial charge in [0.1, 0.15) is 30.1 Å². The SMILES string of the molecule is COC(=O)/C=C/c1ccc2c(c1)[C@@H](C(=O)O[C@H](C)C(=O)N1CCCC1)[C@H](c1ccc(OCc3ccccc3)cc1)O2. The van der Waals surface area contributed by atoms with Crippen molar-refractivity contribution in [2.75, 3.05) is 20.2 Å². The lowest BCUT2D eigenvalue weighted by atomic mass is 9.90. The number of hydrogen-bond acceptors (Lipinski definition) is 7. The first-order chi connectivity index (χ1) is 19.9. The van der Waals surface area contributed by atoms with Crippen LogP contribution in [0.15, 0.2) is 78.9 Å². The molecule has 0 radical (unpaired) electrons. The van der Waals surface area contributed by atoms with Gasteiger partial charge >= 0.3 is 11.9 Å². The van der Waals surface area contributed by atoms with Gasteiger partial charge in [-0.3, -0.25) is 9.59 Å². The Balaban J connectivity index is 1.38. The largest absolute Gasteiger partial charge is 0.489 e. The van der Waals surface area contributed by atoms with Crippen LogP contribution in [0.25, 0.3) is 6.08 Å². The first-order valence-corrected chi connectivity index (χ1v) is 13.8. The van der Waals surface area contributed by atoms with E-state index >= 15 is 0 Å². The maximum Gasteiger partial charge on any atom is 0.330 e. The summed E-state index contributed by atoms with van der Waals surface area (Å²) >= 11 is 0. The number of rotatable bonds is 9. The Morgan fingerprint density at radius 2 is 1.73 bits per heavy atom. The Morgan fingerprint density at radius 3 is 2.44 bits per heavy atom. The molecule has 1 saturated heterocycles. The molecule has 41 heavy (non-hydrogen) atoms. The van der Waals surface area contributed by atoms with Crippen LogP contribution >= 0.6 is 0 Å². The number of carbonyl (C=O) groups is 3. The number of esters is 2. The van der Waals surface area contributed by atoms with Crippen LogP contribution in [0.2, 0.25) is 0 Å². The molecule has 2 aliphatic rings. The van der Waals surface area contributed by atoms with Gasteiger partial charge in [-0.15, -0.1) is 0 Å². The van der Waals surface area contributed by atoms with Crippen molar-refractivity contribution < 1.29 is 33.3 Å². The molecule has 1 amide bonds. The van der Waals surface area contributed by atoms with Crippen LogP contribution in [0.5, 0.6) is 11.5 Å². The zero-order valence-electron chi connectivity index (χ0n) is 23.2. The maximum absolute atomic E-state index is 13.7. The number of ether oxygens (including phenoxy) is 4. The summed E-state index contributed by atoms with van der Waals surface area (Å²) in [6, 6.07) is 22.7. The summed E-state index contributed by atoms with van der Waals surface area (Å²) in [5.74, 6) is -0.822. The summed E-state index contributed by atoms with van der Waals surface area (Å²) in [4.78, 5) is 39.9. The van der Waals surface area contributed by atoms with Gasteiger partial charge in [-0.2, -0.15) is 0 Å². The minimum atomic E-state index is -0.915. The second kappa shape index (κ2) is 12.7. The molecule has 2 heterocycles. The van der Waals surface area contributed by atoms with E-state index in [0.717, 1.165) is 24.0 Å². The standard InChI is InChI=1S/C33H33NO7/c1-22(32(36)34-18-6-7-19-34)40-33(37)30-27-20-23(11-17-29(35)38-2)10-16-28(27)41-31(30)25-12-14-26(15-13-25)39-21-24-8-4-3-5-9-24/h3-5,8-17,20,22,30-31H,6-7,18-19,21H2,1-2H3/b17-11+/t22-,30-,31+/m1/s1. The zero-order chi connectivity index (χ0) is 28.8. The average molecular weight is 556 g/mol. The normalized spacial score (nSPS) is 18.4. The van der Waals surface area contributed by atoms with E-state index in [1.54, 1.807) is 36.1 Å². The summed E-state index contributed by atoms with van der Waals surface area (Å²) in [5.41, 5.74) is 3.14. The van der Waals surface area contributed by atoms with Gasteiger partial charge in [0.05, 0.1) is 7.11 Å². The molecule has 5 rings (SSSR count). The second-order valence-electron chi connectivity index (χ2n) is 10.1. The number of methoxy groups -OCH3 is 1. The van der Waals surface area contributed by atoms with Gasteiger partial charge < -0.3 is 23.8 Å². The molecule has 0 N–H and O–H groups in total. The predicted octanol–water partition coefficient (Wildman–Crippen LogP) is 5.22. The van der Waals surface area contributed by atoms with Gasteiger partial charge in [-0.05, 0) is 66.8 Å². The van der Waals surface area contributed by atoms with Crippen molar-refractivity contribution in [1.82, 2.24) is 4.90 Å². The summed E-state index contributed by atoms with van der Waals surface area (Å²) in [6.45, 7) is 3.39. The van der Waals surface area contributed by atoms with Crippen molar-refractivity contribution >= 4 is 23.9 Å². The highest BCUT2D eigenvalue weighted by Gasteiger charge is 2.43. The maximum atomic E-state index is 13.7. The molecule has 3 aromatic carbocycles. The minimum absolute atomic E-state index is 0.193. The topological polar surface area (TPSA) is 91.4 Å². The van der Waals surface area contributed by atoms with Crippen molar-refractivity contribution in [3.8, 4) is 11.5 Å². The third-order valence-corrected chi connectivity index (χ3v) is 7.31. The van der Waals surface area contributed by atoms with Crippen molar-refractivity contribution in [3.63, 3.8) is 0 Å². The van der Waals surface area contributed by atoms with Crippen LogP contribution in [-0.4, -0.2) is 49.0 Å². The predicted molar refractivity (Wildman–Crippen MR) is 152 cm³/mol.